The Morgan fingerprint density at radius 3 is 1.35 bits per heavy atom. The molecule has 0 aliphatic carbocycles. The molecular formula is C61H39N5. The molecule has 0 bridgehead atoms. The van der Waals surface area contributed by atoms with Gasteiger partial charge in [0, 0.05) is 43.7 Å². The molecule has 13 aromatic rings. The maximum atomic E-state index is 5.39. The van der Waals surface area contributed by atoms with E-state index in [1.807, 2.05) is 24.3 Å². The molecule has 0 unspecified atom stereocenters. The first-order valence-corrected chi connectivity index (χ1v) is 22.4. The summed E-state index contributed by atoms with van der Waals surface area (Å²) in [4.78, 5) is 15.9. The molecule has 0 aliphatic rings. The molecular weight excluding hydrogens is 803 g/mol. The molecule has 10 aromatic carbocycles. The first-order valence-electron chi connectivity index (χ1n) is 22.4. The van der Waals surface area contributed by atoms with Crippen LogP contribution < -0.4 is 0 Å². The normalized spacial score (nSPS) is 11.6. The number of hydrogen-bond acceptors (Lipinski definition) is 3. The number of aromatic nitrogens is 5. The van der Waals surface area contributed by atoms with E-state index in [0.717, 1.165) is 82.7 Å². The van der Waals surface area contributed by atoms with Gasteiger partial charge in [0.15, 0.2) is 11.6 Å². The summed E-state index contributed by atoms with van der Waals surface area (Å²) in [5.74, 6) is 1.79. The van der Waals surface area contributed by atoms with Crippen molar-refractivity contribution >= 4 is 54.4 Å². The first kappa shape index (κ1) is 37.6. The Morgan fingerprint density at radius 2 is 0.727 bits per heavy atom. The van der Waals surface area contributed by atoms with E-state index >= 15 is 0 Å². The number of nitrogens with zero attached hydrogens (tertiary/aromatic N) is 5. The summed E-state index contributed by atoms with van der Waals surface area (Å²) in [7, 11) is 0. The average molecular weight is 842 g/mol. The third kappa shape index (κ3) is 6.21. The minimum Gasteiger partial charge on any atom is -0.309 e. The van der Waals surface area contributed by atoms with Crippen molar-refractivity contribution in [2.24, 2.45) is 0 Å². The molecule has 66 heavy (non-hydrogen) atoms. The average Bonchev–Trinajstić information content (AvgIpc) is 3.93. The molecule has 0 atom stereocenters. The highest BCUT2D eigenvalue weighted by Crippen LogP contribution is 2.45. The summed E-state index contributed by atoms with van der Waals surface area (Å²) in [6, 6.07) is 84.1. The Morgan fingerprint density at radius 1 is 0.273 bits per heavy atom. The molecule has 3 heterocycles. The van der Waals surface area contributed by atoms with E-state index in [0.29, 0.717) is 17.6 Å². The van der Waals surface area contributed by atoms with E-state index in [9.17, 15) is 0 Å². The fourth-order valence-electron chi connectivity index (χ4n) is 9.90. The van der Waals surface area contributed by atoms with Gasteiger partial charge in [0.05, 0.1) is 22.1 Å². The predicted molar refractivity (Wildman–Crippen MR) is 273 cm³/mol. The lowest BCUT2D eigenvalue weighted by Gasteiger charge is -2.14. The molecule has 3 aromatic heterocycles. The van der Waals surface area contributed by atoms with Crippen molar-refractivity contribution < 1.29 is 0 Å². The van der Waals surface area contributed by atoms with Gasteiger partial charge < -0.3 is 4.57 Å². The number of fused-ring (bicyclic) bond motifs is 9. The standard InChI is InChI=1S/C61H39N5/c1-5-17-40(18-6-1)43-29-31-46(32-30-43)60-62-59(45-24-11-4-12-25-45)63-61(64-60)66-55-36-35-54-56(57(55)52-34-33-44-23-13-14-26-50(44)58(52)66)51-27-15-16-28-53(51)65(54)49-38-47(41-19-7-2-8-20-41)37-48(39-49)42-21-9-3-10-22-42/h1-39H. The zero-order chi connectivity index (χ0) is 43.6. The van der Waals surface area contributed by atoms with Crippen molar-refractivity contribution in [1.29, 1.82) is 0 Å². The number of benzene rings is 10. The molecule has 0 amide bonds. The van der Waals surface area contributed by atoms with Crippen LogP contribution in [-0.4, -0.2) is 24.1 Å². The lowest BCUT2D eigenvalue weighted by Crippen LogP contribution is -2.06. The minimum absolute atomic E-state index is 0.563. The quantitative estimate of drug-likeness (QED) is 0.161. The first-order chi connectivity index (χ1) is 32.7. The highest BCUT2D eigenvalue weighted by Gasteiger charge is 2.24. The van der Waals surface area contributed by atoms with E-state index in [2.05, 4.69) is 221 Å². The van der Waals surface area contributed by atoms with E-state index in [1.54, 1.807) is 0 Å². The Hall–Kier alpha value is -8.93. The van der Waals surface area contributed by atoms with Gasteiger partial charge in [-0.2, -0.15) is 9.97 Å². The molecule has 0 aliphatic heterocycles. The van der Waals surface area contributed by atoms with Crippen LogP contribution in [0.3, 0.4) is 0 Å². The molecule has 0 N–H and O–H groups in total. The Balaban J connectivity index is 1.11. The second-order valence-electron chi connectivity index (χ2n) is 16.8. The lowest BCUT2D eigenvalue weighted by atomic mass is 9.98. The van der Waals surface area contributed by atoms with Crippen LogP contribution in [0.2, 0.25) is 0 Å². The molecule has 5 nitrogen and oxygen atoms in total. The maximum Gasteiger partial charge on any atom is 0.238 e. The van der Waals surface area contributed by atoms with Crippen LogP contribution >= 0.6 is 0 Å². The van der Waals surface area contributed by atoms with Gasteiger partial charge >= 0.3 is 0 Å². The predicted octanol–water partition coefficient (Wildman–Crippen LogP) is 15.6. The van der Waals surface area contributed by atoms with Crippen molar-refractivity contribution in [2.75, 3.05) is 0 Å². The Bertz CT molecular complexity index is 3890. The number of hydrogen-bond donors (Lipinski definition) is 0. The Kier molecular flexibility index (Phi) is 8.78. The van der Waals surface area contributed by atoms with Crippen LogP contribution in [0.15, 0.2) is 237 Å². The Labute approximate surface area is 381 Å². The van der Waals surface area contributed by atoms with Crippen molar-refractivity contribution in [3.63, 3.8) is 0 Å². The third-order valence-corrected chi connectivity index (χ3v) is 12.9. The summed E-state index contributed by atoms with van der Waals surface area (Å²) >= 11 is 0. The van der Waals surface area contributed by atoms with Crippen molar-refractivity contribution in [3.8, 4) is 67.8 Å². The van der Waals surface area contributed by atoms with Crippen LogP contribution in [0.5, 0.6) is 0 Å². The molecule has 0 radical (unpaired) electrons. The largest absolute Gasteiger partial charge is 0.309 e. The summed E-state index contributed by atoms with van der Waals surface area (Å²) in [5.41, 5.74) is 14.3. The number of para-hydroxylation sites is 1. The van der Waals surface area contributed by atoms with Crippen molar-refractivity contribution in [3.05, 3.63) is 237 Å². The monoisotopic (exact) mass is 841 g/mol. The van der Waals surface area contributed by atoms with Gasteiger partial charge in [0.2, 0.25) is 5.95 Å². The van der Waals surface area contributed by atoms with Crippen LogP contribution in [0.1, 0.15) is 0 Å². The van der Waals surface area contributed by atoms with Crippen LogP contribution in [-0.2, 0) is 0 Å². The van der Waals surface area contributed by atoms with Gasteiger partial charge in [0.1, 0.15) is 0 Å². The molecule has 0 fully saturated rings. The molecule has 0 saturated carbocycles. The lowest BCUT2D eigenvalue weighted by molar-refractivity contribution is 0.955. The van der Waals surface area contributed by atoms with Crippen molar-refractivity contribution in [1.82, 2.24) is 24.1 Å². The van der Waals surface area contributed by atoms with Gasteiger partial charge in [-0.15, -0.1) is 0 Å². The summed E-state index contributed by atoms with van der Waals surface area (Å²) in [5, 5.41) is 6.92. The molecule has 308 valence electrons. The van der Waals surface area contributed by atoms with Gasteiger partial charge in [-0.25, -0.2) is 4.98 Å². The smallest absolute Gasteiger partial charge is 0.238 e. The zero-order valence-corrected chi connectivity index (χ0v) is 35.8. The van der Waals surface area contributed by atoms with Crippen LogP contribution in [0.4, 0.5) is 0 Å². The van der Waals surface area contributed by atoms with E-state index in [-0.39, 0.29) is 0 Å². The van der Waals surface area contributed by atoms with Crippen LogP contribution in [0, 0.1) is 0 Å². The second kappa shape index (κ2) is 15.4. The number of rotatable bonds is 7. The second-order valence-corrected chi connectivity index (χ2v) is 16.8. The third-order valence-electron chi connectivity index (χ3n) is 12.9. The van der Waals surface area contributed by atoms with E-state index < -0.39 is 0 Å². The summed E-state index contributed by atoms with van der Waals surface area (Å²) in [6.45, 7) is 0. The van der Waals surface area contributed by atoms with Crippen molar-refractivity contribution in [2.45, 2.75) is 0 Å². The molecule has 0 spiro atoms. The van der Waals surface area contributed by atoms with Gasteiger partial charge in [-0.3, -0.25) is 4.57 Å². The summed E-state index contributed by atoms with van der Waals surface area (Å²) in [6.07, 6.45) is 0. The fourth-order valence-corrected chi connectivity index (χ4v) is 9.90. The highest BCUT2D eigenvalue weighted by molar-refractivity contribution is 6.31. The van der Waals surface area contributed by atoms with Gasteiger partial charge in [-0.05, 0) is 75.2 Å². The molecule has 13 rings (SSSR count). The SMILES string of the molecule is c1ccc(-c2ccc(-c3nc(-c4ccccc4)nc(-n4c5ccc6c(c7ccccc7n6-c6cc(-c7ccccc7)cc(-c7ccccc7)c6)c5c5ccc6ccccc6c54)n3)cc2)cc1. The minimum atomic E-state index is 0.563. The topological polar surface area (TPSA) is 48.5 Å². The molecule has 0 saturated heterocycles. The molecule has 5 heteroatoms. The van der Waals surface area contributed by atoms with E-state index in [1.165, 1.54) is 21.9 Å². The fraction of sp³-hybridized carbons (Fsp3) is 0. The van der Waals surface area contributed by atoms with Crippen LogP contribution in [0.25, 0.3) is 122 Å². The van der Waals surface area contributed by atoms with Gasteiger partial charge in [0.25, 0.3) is 0 Å². The van der Waals surface area contributed by atoms with E-state index in [4.69, 9.17) is 15.0 Å². The maximum absolute atomic E-state index is 5.39. The highest BCUT2D eigenvalue weighted by atomic mass is 15.2. The van der Waals surface area contributed by atoms with Gasteiger partial charge in [-0.1, -0.05) is 200 Å². The zero-order valence-electron chi connectivity index (χ0n) is 35.8. The summed E-state index contributed by atoms with van der Waals surface area (Å²) < 4.78 is 4.72.